The molecule has 1 aromatic heterocycles. The Morgan fingerprint density at radius 3 is 2.88 bits per heavy atom. The van der Waals surface area contributed by atoms with Crippen molar-refractivity contribution in [3.05, 3.63) is 42.0 Å². The van der Waals surface area contributed by atoms with Gasteiger partial charge in [-0.15, -0.1) is 0 Å². The maximum absolute atomic E-state index is 13.1. The second-order valence-corrected chi connectivity index (χ2v) is 7.11. The van der Waals surface area contributed by atoms with Gasteiger partial charge in [0.15, 0.2) is 11.5 Å². The summed E-state index contributed by atoms with van der Waals surface area (Å²) in [6.07, 6.45) is 4.55. The fourth-order valence-electron chi connectivity index (χ4n) is 3.59. The zero-order valence-corrected chi connectivity index (χ0v) is 15.2. The minimum Gasteiger partial charge on any atom is -0.490 e. The molecule has 0 saturated carbocycles. The molecule has 2 aliphatic rings. The number of fused-ring (bicyclic) bond motifs is 2. The van der Waals surface area contributed by atoms with Gasteiger partial charge >= 0.3 is 0 Å². The third-order valence-corrected chi connectivity index (χ3v) is 4.78. The molecule has 1 atom stereocenters. The first kappa shape index (κ1) is 16.9. The van der Waals surface area contributed by atoms with Gasteiger partial charge in [-0.05, 0) is 32.3 Å². The third kappa shape index (κ3) is 3.26. The molecule has 0 radical (unpaired) electrons. The number of amides is 1. The first-order valence-corrected chi connectivity index (χ1v) is 8.96. The lowest BCUT2D eigenvalue weighted by molar-refractivity contribution is 0.0663. The number of ether oxygens (including phenoxy) is 2. The van der Waals surface area contributed by atoms with Gasteiger partial charge in [-0.2, -0.15) is 0 Å². The average molecular weight is 356 g/mol. The van der Waals surface area contributed by atoms with Crippen molar-refractivity contribution in [1.82, 2.24) is 19.4 Å². The number of nitrogens with zero attached hydrogens (tertiary/aromatic N) is 4. The predicted molar refractivity (Wildman–Crippen MR) is 96.6 cm³/mol. The average Bonchev–Trinajstić information content (AvgIpc) is 2.98. The topological polar surface area (TPSA) is 59.8 Å². The van der Waals surface area contributed by atoms with E-state index in [4.69, 9.17) is 9.47 Å². The molecule has 1 aromatic carbocycles. The Balaban J connectivity index is 1.58. The number of imidazole rings is 1. The molecule has 0 unspecified atom stereocenters. The molecule has 26 heavy (non-hydrogen) atoms. The lowest BCUT2D eigenvalue weighted by atomic mass is 10.1. The standard InChI is InChI=1S/C19H24N4O3/c1-21(2)10-16-12-22(11-15-9-20-13-23(15)16)19(24)14-4-5-17-18(8-14)26-7-3-6-25-17/h4-5,8-9,13,16H,3,6-7,10-12H2,1-2H3/t16-/m1/s1. The van der Waals surface area contributed by atoms with Gasteiger partial charge in [0, 0.05) is 31.3 Å². The van der Waals surface area contributed by atoms with Gasteiger partial charge < -0.3 is 23.8 Å². The number of carbonyl (C=O) groups is 1. The summed E-state index contributed by atoms with van der Waals surface area (Å²) >= 11 is 0. The minimum absolute atomic E-state index is 0.0110. The Morgan fingerprint density at radius 1 is 1.27 bits per heavy atom. The number of hydrogen-bond donors (Lipinski definition) is 0. The zero-order chi connectivity index (χ0) is 18.1. The van der Waals surface area contributed by atoms with E-state index in [2.05, 4.69) is 14.5 Å². The first-order chi connectivity index (χ1) is 12.6. The number of likely N-dealkylation sites (N-methyl/N-ethyl adjacent to an activating group) is 1. The van der Waals surface area contributed by atoms with Crippen LogP contribution in [0.15, 0.2) is 30.7 Å². The van der Waals surface area contributed by atoms with E-state index in [0.717, 1.165) is 18.7 Å². The molecule has 0 fully saturated rings. The highest BCUT2D eigenvalue weighted by molar-refractivity contribution is 5.95. The molecule has 4 rings (SSSR count). The summed E-state index contributed by atoms with van der Waals surface area (Å²) in [6, 6.07) is 5.65. The number of rotatable bonds is 3. The lowest BCUT2D eigenvalue weighted by Gasteiger charge is -2.35. The van der Waals surface area contributed by atoms with Crippen LogP contribution in [0.2, 0.25) is 0 Å². The Morgan fingerprint density at radius 2 is 2.08 bits per heavy atom. The smallest absolute Gasteiger partial charge is 0.254 e. The molecule has 2 aliphatic heterocycles. The van der Waals surface area contributed by atoms with Crippen LogP contribution in [0.25, 0.3) is 0 Å². The van der Waals surface area contributed by atoms with Crippen LogP contribution in [0, 0.1) is 0 Å². The number of carbonyl (C=O) groups excluding carboxylic acids is 1. The minimum atomic E-state index is 0.0110. The number of aromatic nitrogens is 2. The summed E-state index contributed by atoms with van der Waals surface area (Å²) in [5.41, 5.74) is 1.69. The normalized spacial score (nSPS) is 19.2. The van der Waals surface area contributed by atoms with E-state index in [0.29, 0.717) is 43.4 Å². The maximum atomic E-state index is 13.1. The Bertz CT molecular complexity index is 802. The van der Waals surface area contributed by atoms with Gasteiger partial charge in [0.05, 0.1) is 37.8 Å². The van der Waals surface area contributed by atoms with Crippen LogP contribution < -0.4 is 9.47 Å². The summed E-state index contributed by atoms with van der Waals surface area (Å²) in [4.78, 5) is 21.4. The number of benzene rings is 1. The Labute approximate surface area is 153 Å². The van der Waals surface area contributed by atoms with Crippen LogP contribution in [0.1, 0.15) is 28.5 Å². The quantitative estimate of drug-likeness (QED) is 0.839. The van der Waals surface area contributed by atoms with Gasteiger partial charge in [0.25, 0.3) is 5.91 Å². The van der Waals surface area contributed by atoms with Crippen LogP contribution in [0.4, 0.5) is 0 Å². The molecule has 0 aliphatic carbocycles. The van der Waals surface area contributed by atoms with E-state index in [1.165, 1.54) is 0 Å². The first-order valence-electron chi connectivity index (χ1n) is 8.96. The fourth-order valence-corrected chi connectivity index (χ4v) is 3.59. The summed E-state index contributed by atoms with van der Waals surface area (Å²) < 4.78 is 13.6. The molecule has 3 heterocycles. The van der Waals surface area contributed by atoms with Gasteiger partial charge in [-0.25, -0.2) is 4.98 Å². The molecule has 1 amide bonds. The van der Waals surface area contributed by atoms with E-state index < -0.39 is 0 Å². The maximum Gasteiger partial charge on any atom is 0.254 e. The second kappa shape index (κ2) is 6.99. The van der Waals surface area contributed by atoms with E-state index in [9.17, 15) is 4.79 Å². The molecule has 0 saturated heterocycles. The van der Waals surface area contributed by atoms with Crippen molar-refractivity contribution in [2.24, 2.45) is 0 Å². The van der Waals surface area contributed by atoms with Crippen molar-refractivity contribution in [1.29, 1.82) is 0 Å². The summed E-state index contributed by atoms with van der Waals surface area (Å²) in [6.45, 7) is 3.33. The van der Waals surface area contributed by atoms with Crippen molar-refractivity contribution in [2.45, 2.75) is 19.0 Å². The van der Waals surface area contributed by atoms with Gasteiger partial charge in [-0.3, -0.25) is 4.79 Å². The van der Waals surface area contributed by atoms with E-state index >= 15 is 0 Å². The van der Waals surface area contributed by atoms with Gasteiger partial charge in [-0.1, -0.05) is 0 Å². The Kier molecular flexibility index (Phi) is 4.55. The summed E-state index contributed by atoms with van der Waals surface area (Å²) in [5, 5.41) is 0. The molecular weight excluding hydrogens is 332 g/mol. The second-order valence-electron chi connectivity index (χ2n) is 7.11. The van der Waals surface area contributed by atoms with Gasteiger partial charge in [0.2, 0.25) is 0 Å². The van der Waals surface area contributed by atoms with Crippen molar-refractivity contribution in [2.75, 3.05) is 40.4 Å². The number of hydrogen-bond acceptors (Lipinski definition) is 5. The van der Waals surface area contributed by atoms with E-state index in [1.807, 2.05) is 43.7 Å². The van der Waals surface area contributed by atoms with Crippen molar-refractivity contribution in [3.63, 3.8) is 0 Å². The molecular formula is C19H24N4O3. The summed E-state index contributed by atoms with van der Waals surface area (Å²) in [5.74, 6) is 1.37. The monoisotopic (exact) mass is 356 g/mol. The van der Waals surface area contributed by atoms with E-state index in [-0.39, 0.29) is 11.9 Å². The van der Waals surface area contributed by atoms with Crippen LogP contribution in [0.3, 0.4) is 0 Å². The van der Waals surface area contributed by atoms with Gasteiger partial charge in [0.1, 0.15) is 0 Å². The van der Waals surface area contributed by atoms with E-state index in [1.54, 1.807) is 6.07 Å². The van der Waals surface area contributed by atoms with Crippen molar-refractivity contribution in [3.8, 4) is 11.5 Å². The SMILES string of the molecule is CN(C)C[C@@H]1CN(C(=O)c2ccc3c(c2)OCCCO3)Cc2cncn21. The van der Waals surface area contributed by atoms with Crippen LogP contribution in [-0.4, -0.2) is 65.7 Å². The van der Waals surface area contributed by atoms with Crippen LogP contribution in [0.5, 0.6) is 11.5 Å². The highest BCUT2D eigenvalue weighted by Gasteiger charge is 2.29. The largest absolute Gasteiger partial charge is 0.490 e. The molecule has 7 nitrogen and oxygen atoms in total. The molecule has 2 aromatic rings. The Hall–Kier alpha value is -2.54. The molecule has 0 spiro atoms. The molecule has 0 N–H and O–H groups in total. The zero-order valence-electron chi connectivity index (χ0n) is 15.2. The molecule has 0 bridgehead atoms. The molecule has 138 valence electrons. The van der Waals surface area contributed by atoms with Crippen LogP contribution in [-0.2, 0) is 6.54 Å². The van der Waals surface area contributed by atoms with Crippen molar-refractivity contribution < 1.29 is 14.3 Å². The highest BCUT2D eigenvalue weighted by atomic mass is 16.5. The van der Waals surface area contributed by atoms with Crippen LogP contribution >= 0.6 is 0 Å². The lowest BCUT2D eigenvalue weighted by Crippen LogP contribution is -2.43. The third-order valence-electron chi connectivity index (χ3n) is 4.78. The summed E-state index contributed by atoms with van der Waals surface area (Å²) in [7, 11) is 4.09. The fraction of sp³-hybridized carbons (Fsp3) is 0.474. The molecule has 7 heteroatoms. The van der Waals surface area contributed by atoms with Crippen molar-refractivity contribution >= 4 is 5.91 Å². The highest BCUT2D eigenvalue weighted by Crippen LogP contribution is 2.31. The predicted octanol–water partition coefficient (Wildman–Crippen LogP) is 1.80.